The number of rotatable bonds is 6. The van der Waals surface area contributed by atoms with E-state index < -0.39 is 0 Å². The molecule has 0 aliphatic heterocycles. The summed E-state index contributed by atoms with van der Waals surface area (Å²) >= 11 is 3.36. The molecule has 1 nitrogen and oxygen atoms in total. The van der Waals surface area contributed by atoms with Crippen molar-refractivity contribution in [2.24, 2.45) is 0 Å². The number of halogens is 3. The molecule has 16 heavy (non-hydrogen) atoms. The van der Waals surface area contributed by atoms with Crippen LogP contribution >= 0.6 is 15.9 Å². The van der Waals surface area contributed by atoms with Crippen LogP contribution in [-0.2, 0) is 6.54 Å². The van der Waals surface area contributed by atoms with Gasteiger partial charge in [0.25, 0.3) is 0 Å². The summed E-state index contributed by atoms with van der Waals surface area (Å²) in [6.45, 7) is 4.26. The molecule has 0 unspecified atom stereocenters. The topological polar surface area (TPSA) is 3.24 Å². The molecule has 0 amide bonds. The van der Waals surface area contributed by atoms with Gasteiger partial charge in [0.15, 0.2) is 0 Å². The van der Waals surface area contributed by atoms with E-state index in [0.29, 0.717) is 12.1 Å². The van der Waals surface area contributed by atoms with Crippen LogP contribution < -0.4 is 0 Å². The summed E-state index contributed by atoms with van der Waals surface area (Å²) in [4.78, 5) is 2.10. The van der Waals surface area contributed by atoms with Crippen LogP contribution in [0.5, 0.6) is 0 Å². The summed E-state index contributed by atoms with van der Waals surface area (Å²) < 4.78 is 26.4. The van der Waals surface area contributed by atoms with Crippen molar-refractivity contribution in [3.05, 3.63) is 35.4 Å². The molecule has 0 heterocycles. The van der Waals surface area contributed by atoms with E-state index in [0.717, 1.165) is 30.9 Å². The Labute approximate surface area is 104 Å². The van der Waals surface area contributed by atoms with Crippen molar-refractivity contribution in [3.63, 3.8) is 0 Å². The molecule has 0 saturated carbocycles. The highest BCUT2D eigenvalue weighted by molar-refractivity contribution is 9.09. The van der Waals surface area contributed by atoms with Gasteiger partial charge in [0.2, 0.25) is 0 Å². The van der Waals surface area contributed by atoms with Crippen molar-refractivity contribution < 1.29 is 8.78 Å². The molecule has 1 aromatic carbocycles. The van der Waals surface area contributed by atoms with Gasteiger partial charge in [-0.2, -0.15) is 0 Å². The van der Waals surface area contributed by atoms with E-state index in [1.807, 2.05) is 0 Å². The highest BCUT2D eigenvalue weighted by Crippen LogP contribution is 2.12. The van der Waals surface area contributed by atoms with E-state index in [1.165, 1.54) is 12.1 Å². The molecule has 90 valence electrons. The van der Waals surface area contributed by atoms with Gasteiger partial charge < -0.3 is 0 Å². The van der Waals surface area contributed by atoms with Crippen LogP contribution in [0.3, 0.4) is 0 Å². The molecule has 0 saturated heterocycles. The van der Waals surface area contributed by atoms with Crippen molar-refractivity contribution in [2.75, 3.05) is 18.4 Å². The minimum Gasteiger partial charge on any atom is -0.298 e. The molecule has 0 aromatic heterocycles. The molecular formula is C12H16BrF2N. The molecule has 0 aliphatic rings. The second-order valence-electron chi connectivity index (χ2n) is 3.70. The molecule has 0 fully saturated rings. The maximum absolute atomic E-state index is 13.4. The second-order valence-corrected chi connectivity index (χ2v) is 4.49. The molecule has 0 N–H and O–H groups in total. The monoisotopic (exact) mass is 291 g/mol. The van der Waals surface area contributed by atoms with Gasteiger partial charge in [0.1, 0.15) is 11.6 Å². The van der Waals surface area contributed by atoms with Gasteiger partial charge in [-0.1, -0.05) is 22.9 Å². The molecule has 1 aromatic rings. The zero-order chi connectivity index (χ0) is 12.0. The fourth-order valence-electron chi connectivity index (χ4n) is 1.61. The zero-order valence-electron chi connectivity index (χ0n) is 9.35. The van der Waals surface area contributed by atoms with Crippen molar-refractivity contribution in [1.82, 2.24) is 4.90 Å². The predicted octanol–water partition coefficient (Wildman–Crippen LogP) is 3.57. The van der Waals surface area contributed by atoms with Crippen LogP contribution in [0.4, 0.5) is 8.78 Å². The molecule has 0 bridgehead atoms. The molecule has 0 spiro atoms. The van der Waals surface area contributed by atoms with Crippen molar-refractivity contribution in [1.29, 1.82) is 0 Å². The van der Waals surface area contributed by atoms with E-state index in [1.54, 1.807) is 0 Å². The summed E-state index contributed by atoms with van der Waals surface area (Å²) in [6, 6.07) is 3.60. The number of hydrogen-bond acceptors (Lipinski definition) is 1. The van der Waals surface area contributed by atoms with Gasteiger partial charge >= 0.3 is 0 Å². The Balaban J connectivity index is 2.71. The van der Waals surface area contributed by atoms with Crippen LogP contribution in [0.25, 0.3) is 0 Å². The van der Waals surface area contributed by atoms with E-state index in [-0.39, 0.29) is 11.6 Å². The van der Waals surface area contributed by atoms with Crippen LogP contribution in [0, 0.1) is 11.6 Å². The van der Waals surface area contributed by atoms with Crippen LogP contribution in [0.1, 0.15) is 18.9 Å². The fraction of sp³-hybridized carbons (Fsp3) is 0.500. The van der Waals surface area contributed by atoms with Gasteiger partial charge in [-0.25, -0.2) is 8.78 Å². The second kappa shape index (κ2) is 6.97. The van der Waals surface area contributed by atoms with Gasteiger partial charge in [-0.3, -0.25) is 4.90 Å². The quantitative estimate of drug-likeness (QED) is 0.724. The van der Waals surface area contributed by atoms with Crippen molar-refractivity contribution in [3.8, 4) is 0 Å². The standard InChI is InChI=1S/C12H16BrF2N/c1-2-6-16(7-5-13)9-10-8-11(14)3-4-12(10)15/h3-4,8H,2,5-7,9H2,1H3. The Kier molecular flexibility index (Phi) is 5.91. The SMILES string of the molecule is CCCN(CCBr)Cc1cc(F)ccc1F. The molecule has 4 heteroatoms. The minimum atomic E-state index is -0.383. The van der Waals surface area contributed by atoms with Crippen molar-refractivity contribution in [2.45, 2.75) is 19.9 Å². The van der Waals surface area contributed by atoms with Gasteiger partial charge in [0, 0.05) is 24.0 Å². The first-order valence-electron chi connectivity index (χ1n) is 5.39. The Morgan fingerprint density at radius 2 is 2.00 bits per heavy atom. The smallest absolute Gasteiger partial charge is 0.127 e. The Morgan fingerprint density at radius 1 is 1.25 bits per heavy atom. The van der Waals surface area contributed by atoms with Gasteiger partial charge in [-0.05, 0) is 31.2 Å². The molecule has 0 radical (unpaired) electrons. The van der Waals surface area contributed by atoms with E-state index in [2.05, 4.69) is 27.8 Å². The Bertz CT molecular complexity index is 325. The third kappa shape index (κ3) is 4.18. The summed E-state index contributed by atoms with van der Waals surface area (Å²) in [5, 5.41) is 0.837. The number of nitrogens with zero attached hydrogens (tertiary/aromatic N) is 1. The third-order valence-corrected chi connectivity index (χ3v) is 2.70. The van der Waals surface area contributed by atoms with Gasteiger partial charge in [0.05, 0.1) is 0 Å². The van der Waals surface area contributed by atoms with E-state index in [4.69, 9.17) is 0 Å². The normalized spacial score (nSPS) is 11.1. The first-order chi connectivity index (χ1) is 7.67. The number of benzene rings is 1. The lowest BCUT2D eigenvalue weighted by Gasteiger charge is -2.20. The molecular weight excluding hydrogens is 276 g/mol. The predicted molar refractivity (Wildman–Crippen MR) is 65.7 cm³/mol. The van der Waals surface area contributed by atoms with E-state index >= 15 is 0 Å². The summed E-state index contributed by atoms with van der Waals surface area (Å²) in [6.07, 6.45) is 1.00. The lowest BCUT2D eigenvalue weighted by molar-refractivity contribution is 0.279. The zero-order valence-corrected chi connectivity index (χ0v) is 10.9. The average molecular weight is 292 g/mol. The Hall–Kier alpha value is -0.480. The van der Waals surface area contributed by atoms with Crippen molar-refractivity contribution >= 4 is 15.9 Å². The number of hydrogen-bond donors (Lipinski definition) is 0. The van der Waals surface area contributed by atoms with Crippen LogP contribution in [-0.4, -0.2) is 23.3 Å². The van der Waals surface area contributed by atoms with Crippen LogP contribution in [0.15, 0.2) is 18.2 Å². The summed E-state index contributed by atoms with van der Waals surface area (Å²) in [7, 11) is 0. The maximum Gasteiger partial charge on any atom is 0.127 e. The molecule has 0 atom stereocenters. The average Bonchev–Trinajstić information content (AvgIpc) is 2.24. The highest BCUT2D eigenvalue weighted by atomic mass is 79.9. The van der Waals surface area contributed by atoms with Crippen LogP contribution in [0.2, 0.25) is 0 Å². The van der Waals surface area contributed by atoms with E-state index in [9.17, 15) is 8.78 Å². The fourth-order valence-corrected chi connectivity index (χ4v) is 2.11. The first kappa shape index (κ1) is 13.6. The highest BCUT2D eigenvalue weighted by Gasteiger charge is 2.09. The Morgan fingerprint density at radius 3 is 2.62 bits per heavy atom. The lowest BCUT2D eigenvalue weighted by Crippen LogP contribution is -2.26. The lowest BCUT2D eigenvalue weighted by atomic mass is 10.2. The number of alkyl halides is 1. The summed E-state index contributed by atoms with van der Waals surface area (Å²) in [5.74, 6) is -0.719. The maximum atomic E-state index is 13.4. The largest absolute Gasteiger partial charge is 0.298 e. The minimum absolute atomic E-state index is 0.336. The third-order valence-electron chi connectivity index (χ3n) is 2.34. The van der Waals surface area contributed by atoms with Gasteiger partial charge in [-0.15, -0.1) is 0 Å². The molecule has 1 rings (SSSR count). The summed E-state index contributed by atoms with van der Waals surface area (Å²) in [5.41, 5.74) is 0.425. The first-order valence-corrected chi connectivity index (χ1v) is 6.51. The molecule has 0 aliphatic carbocycles.